The normalized spacial score (nSPS) is 11.5. The highest BCUT2D eigenvalue weighted by Gasteiger charge is 2.19. The number of furan rings is 1. The van der Waals surface area contributed by atoms with Gasteiger partial charge in [0.15, 0.2) is 0 Å². The molecule has 0 bridgehead atoms. The average molecular weight is 283 g/mol. The Bertz CT molecular complexity index is 745. The fraction of sp³-hybridized carbons (Fsp3) is 0.250. The number of hydrogen-bond acceptors (Lipinski definition) is 5. The summed E-state index contributed by atoms with van der Waals surface area (Å²) in [7, 11) is -2.10. The Kier molecular flexibility index (Phi) is 3.23. The van der Waals surface area contributed by atoms with Crippen LogP contribution in [0.25, 0.3) is 11.0 Å². The van der Waals surface area contributed by atoms with Gasteiger partial charge in [-0.2, -0.15) is 0 Å². The van der Waals surface area contributed by atoms with Gasteiger partial charge in [-0.1, -0.05) is 0 Å². The number of esters is 1. The van der Waals surface area contributed by atoms with Crippen LogP contribution in [0, 0.1) is 6.92 Å². The molecule has 102 valence electrons. The molecule has 0 saturated heterocycles. The smallest absolute Gasteiger partial charge is 0.342 e. The lowest BCUT2D eigenvalue weighted by atomic mass is 10.1. The Hall–Kier alpha value is -2.02. The van der Waals surface area contributed by atoms with Gasteiger partial charge in [0.1, 0.15) is 16.9 Å². The van der Waals surface area contributed by atoms with Crippen molar-refractivity contribution in [3.05, 3.63) is 29.5 Å². The van der Waals surface area contributed by atoms with E-state index in [0.29, 0.717) is 28.0 Å². The van der Waals surface area contributed by atoms with Crippen LogP contribution in [0.5, 0.6) is 0 Å². The lowest BCUT2D eigenvalue weighted by molar-refractivity contribution is 0.0600. The number of hydrogen-bond donors (Lipinski definition) is 1. The maximum absolute atomic E-state index is 11.7. The Morgan fingerprint density at radius 1 is 1.37 bits per heavy atom. The van der Waals surface area contributed by atoms with Crippen LogP contribution in [0.15, 0.2) is 22.6 Å². The molecule has 0 unspecified atom stereocenters. The van der Waals surface area contributed by atoms with Gasteiger partial charge in [0.25, 0.3) is 0 Å². The van der Waals surface area contributed by atoms with Crippen molar-refractivity contribution < 1.29 is 22.4 Å². The van der Waals surface area contributed by atoms with E-state index in [0.717, 1.165) is 6.26 Å². The molecule has 0 radical (unpaired) electrons. The molecular weight excluding hydrogens is 270 g/mol. The van der Waals surface area contributed by atoms with E-state index < -0.39 is 16.0 Å². The van der Waals surface area contributed by atoms with Gasteiger partial charge in [-0.05, 0) is 25.1 Å². The van der Waals surface area contributed by atoms with Crippen LogP contribution >= 0.6 is 0 Å². The zero-order chi connectivity index (χ0) is 14.2. The second-order valence-corrected chi connectivity index (χ2v) is 5.86. The molecule has 1 N–H and O–H groups in total. The molecule has 0 amide bonds. The number of carbonyl (C=O) groups is 1. The summed E-state index contributed by atoms with van der Waals surface area (Å²) in [6.07, 6.45) is 1.05. The summed E-state index contributed by atoms with van der Waals surface area (Å²) in [6.45, 7) is 1.65. The van der Waals surface area contributed by atoms with Crippen molar-refractivity contribution in [2.24, 2.45) is 0 Å². The first-order valence-electron chi connectivity index (χ1n) is 5.41. The quantitative estimate of drug-likeness (QED) is 0.869. The van der Waals surface area contributed by atoms with E-state index in [4.69, 9.17) is 4.42 Å². The van der Waals surface area contributed by atoms with E-state index in [1.54, 1.807) is 25.1 Å². The molecule has 1 aromatic heterocycles. The standard InChI is InChI=1S/C12H13NO5S/c1-7-11(12(14)17-2)9-6-8(13-19(3,15)16)4-5-10(9)18-7/h4-6,13H,1-3H3. The largest absolute Gasteiger partial charge is 0.465 e. The number of aryl methyl sites for hydroxylation is 1. The van der Waals surface area contributed by atoms with Crippen LogP contribution < -0.4 is 4.72 Å². The molecule has 0 aliphatic heterocycles. The van der Waals surface area contributed by atoms with Crippen molar-refractivity contribution in [2.75, 3.05) is 18.1 Å². The number of carbonyl (C=O) groups excluding carboxylic acids is 1. The van der Waals surface area contributed by atoms with Crippen LogP contribution in [0.4, 0.5) is 5.69 Å². The van der Waals surface area contributed by atoms with Gasteiger partial charge in [-0.3, -0.25) is 4.72 Å². The molecule has 7 heteroatoms. The van der Waals surface area contributed by atoms with Gasteiger partial charge in [-0.25, -0.2) is 13.2 Å². The number of benzene rings is 1. The molecule has 6 nitrogen and oxygen atoms in total. The van der Waals surface area contributed by atoms with Crippen molar-refractivity contribution in [3.63, 3.8) is 0 Å². The third kappa shape index (κ3) is 2.70. The first-order chi connectivity index (χ1) is 8.81. The maximum Gasteiger partial charge on any atom is 0.342 e. The van der Waals surface area contributed by atoms with Gasteiger partial charge < -0.3 is 9.15 Å². The zero-order valence-corrected chi connectivity index (χ0v) is 11.5. The third-order valence-corrected chi connectivity index (χ3v) is 3.16. The SMILES string of the molecule is COC(=O)c1c(C)oc2ccc(NS(C)(=O)=O)cc12. The Labute approximate surface area is 110 Å². The molecule has 2 rings (SSSR count). The van der Waals surface area contributed by atoms with Gasteiger partial charge >= 0.3 is 5.97 Å². The predicted octanol–water partition coefficient (Wildman–Crippen LogP) is 1.90. The van der Waals surface area contributed by atoms with Crippen molar-refractivity contribution >= 4 is 32.6 Å². The first kappa shape index (κ1) is 13.4. The van der Waals surface area contributed by atoms with Crippen LogP contribution in [0.2, 0.25) is 0 Å². The number of methoxy groups -OCH3 is 1. The van der Waals surface area contributed by atoms with Crippen LogP contribution in [-0.2, 0) is 14.8 Å². The zero-order valence-electron chi connectivity index (χ0n) is 10.7. The number of ether oxygens (including phenoxy) is 1. The summed E-state index contributed by atoms with van der Waals surface area (Å²) in [6, 6.07) is 4.70. The fourth-order valence-corrected chi connectivity index (χ4v) is 2.41. The Morgan fingerprint density at radius 2 is 2.05 bits per heavy atom. The van der Waals surface area contributed by atoms with E-state index in [1.165, 1.54) is 7.11 Å². The number of rotatable bonds is 3. The van der Waals surface area contributed by atoms with Crippen LogP contribution in [0.3, 0.4) is 0 Å². The number of fused-ring (bicyclic) bond motifs is 1. The summed E-state index contributed by atoms with van der Waals surface area (Å²) in [5.74, 6) is -0.0916. The lowest BCUT2D eigenvalue weighted by Crippen LogP contribution is -2.09. The highest BCUT2D eigenvalue weighted by molar-refractivity contribution is 7.92. The highest BCUT2D eigenvalue weighted by Crippen LogP contribution is 2.28. The number of anilines is 1. The molecule has 19 heavy (non-hydrogen) atoms. The van der Waals surface area contributed by atoms with Crippen molar-refractivity contribution in [1.82, 2.24) is 0 Å². The fourth-order valence-electron chi connectivity index (χ4n) is 1.85. The molecule has 0 spiro atoms. The van der Waals surface area contributed by atoms with Crippen molar-refractivity contribution in [1.29, 1.82) is 0 Å². The maximum atomic E-state index is 11.7. The molecule has 1 heterocycles. The minimum Gasteiger partial charge on any atom is -0.465 e. The molecule has 0 aliphatic rings. The first-order valence-corrected chi connectivity index (χ1v) is 7.30. The van der Waals surface area contributed by atoms with Gasteiger partial charge in [0, 0.05) is 11.1 Å². The molecule has 0 fully saturated rings. The number of sulfonamides is 1. The minimum atomic E-state index is -3.37. The minimum absolute atomic E-state index is 0.301. The monoisotopic (exact) mass is 283 g/mol. The van der Waals surface area contributed by atoms with E-state index in [2.05, 4.69) is 9.46 Å². The van der Waals surface area contributed by atoms with E-state index in [-0.39, 0.29) is 0 Å². The average Bonchev–Trinajstić information content (AvgIpc) is 2.61. The molecule has 1 aromatic carbocycles. The molecule has 2 aromatic rings. The van der Waals surface area contributed by atoms with E-state index in [1.807, 2.05) is 0 Å². The van der Waals surface area contributed by atoms with Crippen molar-refractivity contribution in [2.45, 2.75) is 6.92 Å². The highest BCUT2D eigenvalue weighted by atomic mass is 32.2. The van der Waals surface area contributed by atoms with Gasteiger partial charge in [0.2, 0.25) is 10.0 Å². The van der Waals surface area contributed by atoms with E-state index >= 15 is 0 Å². The molecule has 0 aliphatic carbocycles. The topological polar surface area (TPSA) is 85.6 Å². The molecule has 0 atom stereocenters. The van der Waals surface area contributed by atoms with Gasteiger partial charge in [-0.15, -0.1) is 0 Å². The Morgan fingerprint density at radius 3 is 2.63 bits per heavy atom. The Balaban J connectivity index is 2.60. The number of nitrogens with one attached hydrogen (secondary N) is 1. The van der Waals surface area contributed by atoms with Gasteiger partial charge in [0.05, 0.1) is 13.4 Å². The summed E-state index contributed by atoms with van der Waals surface area (Å²) in [5, 5.41) is 0.512. The third-order valence-electron chi connectivity index (χ3n) is 2.56. The lowest BCUT2D eigenvalue weighted by Gasteiger charge is -2.03. The second kappa shape index (κ2) is 4.58. The van der Waals surface area contributed by atoms with Crippen molar-refractivity contribution in [3.8, 4) is 0 Å². The van der Waals surface area contributed by atoms with Crippen LogP contribution in [0.1, 0.15) is 16.1 Å². The molecule has 0 saturated carbocycles. The van der Waals surface area contributed by atoms with Crippen LogP contribution in [-0.4, -0.2) is 27.8 Å². The predicted molar refractivity (Wildman–Crippen MR) is 70.8 cm³/mol. The molecular formula is C12H13NO5S. The summed E-state index contributed by atoms with van der Waals surface area (Å²) < 4.78 is 34.8. The van der Waals surface area contributed by atoms with E-state index in [9.17, 15) is 13.2 Å². The summed E-state index contributed by atoms with van der Waals surface area (Å²) in [5.41, 5.74) is 1.16. The summed E-state index contributed by atoms with van der Waals surface area (Å²) >= 11 is 0. The second-order valence-electron chi connectivity index (χ2n) is 4.11. The summed E-state index contributed by atoms with van der Waals surface area (Å²) in [4.78, 5) is 11.7.